The lowest BCUT2D eigenvalue weighted by Gasteiger charge is -2.05. The number of nitrogens with zero attached hydrogens (tertiary/aromatic N) is 1. The van der Waals surface area contributed by atoms with Crippen LogP contribution < -0.4 is 5.32 Å². The molecule has 8 heteroatoms. The lowest BCUT2D eigenvalue weighted by Crippen LogP contribution is -2.11. The predicted octanol–water partition coefficient (Wildman–Crippen LogP) is 5.73. The fourth-order valence-corrected chi connectivity index (χ4v) is 3.39. The third kappa shape index (κ3) is 3.65. The molecule has 0 saturated heterocycles. The van der Waals surface area contributed by atoms with E-state index in [0.717, 1.165) is 0 Å². The van der Waals surface area contributed by atoms with Crippen molar-refractivity contribution in [3.05, 3.63) is 62.4 Å². The second kappa shape index (κ2) is 6.99. The molecule has 2 N–H and O–H groups in total. The Morgan fingerprint density at radius 1 is 1.08 bits per heavy atom. The molecule has 3 aromatic rings. The number of aromatic nitrogens is 1. The van der Waals surface area contributed by atoms with Gasteiger partial charge in [0.1, 0.15) is 5.75 Å². The van der Waals surface area contributed by atoms with Crippen LogP contribution in [0, 0.1) is 0 Å². The smallest absolute Gasteiger partial charge is 0.261 e. The van der Waals surface area contributed by atoms with Crippen molar-refractivity contribution in [2.75, 3.05) is 5.32 Å². The van der Waals surface area contributed by atoms with E-state index >= 15 is 0 Å². The molecule has 0 atom stereocenters. The topological polar surface area (TPSA) is 62.2 Å². The quantitative estimate of drug-likeness (QED) is 0.591. The van der Waals surface area contributed by atoms with Crippen molar-refractivity contribution in [3.63, 3.8) is 0 Å². The number of anilines is 1. The third-order valence-electron chi connectivity index (χ3n) is 3.13. The zero-order valence-corrected chi connectivity index (χ0v) is 15.0. The molecule has 24 heavy (non-hydrogen) atoms. The number of carbonyl (C=O) groups is 1. The number of benzene rings is 2. The molecule has 2 aromatic carbocycles. The fraction of sp³-hybridized carbons (Fsp3) is 0. The number of hydrogen-bond donors (Lipinski definition) is 2. The molecular weight excluding hydrogens is 391 g/mol. The molecule has 0 aliphatic heterocycles. The van der Waals surface area contributed by atoms with E-state index in [1.54, 1.807) is 23.6 Å². The van der Waals surface area contributed by atoms with E-state index in [2.05, 4.69) is 10.3 Å². The highest BCUT2D eigenvalue weighted by Crippen LogP contribution is 2.32. The van der Waals surface area contributed by atoms with Gasteiger partial charge in [0.15, 0.2) is 5.13 Å². The summed E-state index contributed by atoms with van der Waals surface area (Å²) in [5, 5.41) is 15.9. The average molecular weight is 400 g/mol. The number of halogens is 3. The number of rotatable bonds is 3. The molecule has 3 rings (SSSR count). The number of nitrogens with one attached hydrogen (secondary N) is 1. The number of aromatic hydroxyl groups is 1. The van der Waals surface area contributed by atoms with Crippen molar-refractivity contribution in [1.29, 1.82) is 0 Å². The second-order valence-electron chi connectivity index (χ2n) is 4.78. The van der Waals surface area contributed by atoms with Crippen LogP contribution >= 0.6 is 46.1 Å². The maximum absolute atomic E-state index is 12.2. The van der Waals surface area contributed by atoms with E-state index in [-0.39, 0.29) is 11.3 Å². The largest absolute Gasteiger partial charge is 0.507 e. The lowest BCUT2D eigenvalue weighted by molar-refractivity contribution is 0.102. The van der Waals surface area contributed by atoms with Gasteiger partial charge in [-0.15, -0.1) is 11.3 Å². The van der Waals surface area contributed by atoms with Crippen LogP contribution in [0.3, 0.4) is 0 Å². The first-order chi connectivity index (χ1) is 11.4. The van der Waals surface area contributed by atoms with E-state index in [9.17, 15) is 9.90 Å². The SMILES string of the molecule is O=C(Nc1nc(-c2ccc(Cl)cc2Cl)cs1)c1cc(Cl)ccc1O. The van der Waals surface area contributed by atoms with Crippen molar-refractivity contribution < 1.29 is 9.90 Å². The van der Waals surface area contributed by atoms with Crippen LogP contribution in [0.15, 0.2) is 41.8 Å². The Morgan fingerprint density at radius 3 is 2.54 bits per heavy atom. The molecule has 0 aliphatic rings. The molecule has 0 fully saturated rings. The standard InChI is InChI=1S/C16H9Cl3N2O2S/c17-8-2-4-14(22)11(5-8)15(23)21-16-20-13(7-24-16)10-3-1-9(18)6-12(10)19/h1-7,22H,(H,20,21,23). The normalized spacial score (nSPS) is 10.6. The Kier molecular flexibility index (Phi) is 4.96. The van der Waals surface area contributed by atoms with Crippen LogP contribution in [0.4, 0.5) is 5.13 Å². The van der Waals surface area contributed by atoms with Crippen molar-refractivity contribution in [2.45, 2.75) is 0 Å². The first-order valence-electron chi connectivity index (χ1n) is 6.65. The molecule has 0 bridgehead atoms. The highest BCUT2D eigenvalue weighted by atomic mass is 35.5. The zero-order chi connectivity index (χ0) is 17.3. The van der Waals surface area contributed by atoms with Gasteiger partial charge in [-0.25, -0.2) is 4.98 Å². The molecule has 122 valence electrons. The number of hydrogen-bond acceptors (Lipinski definition) is 4. The summed E-state index contributed by atoms with van der Waals surface area (Å²) in [6.07, 6.45) is 0. The number of amides is 1. The summed E-state index contributed by atoms with van der Waals surface area (Å²) >= 11 is 19.1. The molecule has 1 aromatic heterocycles. The van der Waals surface area contributed by atoms with Gasteiger partial charge in [-0.3, -0.25) is 10.1 Å². The van der Waals surface area contributed by atoms with Crippen LogP contribution in [0.1, 0.15) is 10.4 Å². The maximum Gasteiger partial charge on any atom is 0.261 e. The predicted molar refractivity (Wildman–Crippen MR) is 98.6 cm³/mol. The van der Waals surface area contributed by atoms with Crippen molar-refractivity contribution in [3.8, 4) is 17.0 Å². The molecule has 0 unspecified atom stereocenters. The van der Waals surface area contributed by atoms with Gasteiger partial charge in [-0.2, -0.15) is 0 Å². The minimum absolute atomic E-state index is 0.0729. The van der Waals surface area contributed by atoms with Gasteiger partial charge in [-0.05, 0) is 36.4 Å². The van der Waals surface area contributed by atoms with E-state index in [1.165, 1.54) is 29.5 Å². The number of thiazole rings is 1. The van der Waals surface area contributed by atoms with Gasteiger partial charge in [0.05, 0.1) is 16.3 Å². The molecule has 1 amide bonds. The third-order valence-corrected chi connectivity index (χ3v) is 4.68. The van der Waals surface area contributed by atoms with Gasteiger partial charge in [0, 0.05) is 21.0 Å². The Bertz CT molecular complexity index is 927. The van der Waals surface area contributed by atoms with Crippen LogP contribution in [0.25, 0.3) is 11.3 Å². The minimum atomic E-state index is -0.502. The Balaban J connectivity index is 1.83. The maximum atomic E-state index is 12.2. The first-order valence-corrected chi connectivity index (χ1v) is 8.66. The summed E-state index contributed by atoms with van der Waals surface area (Å²) in [4.78, 5) is 16.6. The lowest BCUT2D eigenvalue weighted by atomic mass is 10.2. The number of phenolic OH excluding ortho intramolecular Hbond substituents is 1. The van der Waals surface area contributed by atoms with E-state index in [4.69, 9.17) is 34.8 Å². The summed E-state index contributed by atoms with van der Waals surface area (Å²) in [5.41, 5.74) is 1.40. The Morgan fingerprint density at radius 2 is 1.79 bits per heavy atom. The summed E-state index contributed by atoms with van der Waals surface area (Å²) < 4.78 is 0. The van der Waals surface area contributed by atoms with Crippen molar-refractivity contribution >= 4 is 57.2 Å². The van der Waals surface area contributed by atoms with Crippen molar-refractivity contribution in [1.82, 2.24) is 4.98 Å². The van der Waals surface area contributed by atoms with Gasteiger partial charge in [0.25, 0.3) is 5.91 Å². The summed E-state index contributed by atoms with van der Waals surface area (Å²) in [5.74, 6) is -0.660. The summed E-state index contributed by atoms with van der Waals surface area (Å²) in [6, 6.07) is 9.34. The van der Waals surface area contributed by atoms with Crippen LogP contribution in [0.5, 0.6) is 5.75 Å². The highest BCUT2D eigenvalue weighted by Gasteiger charge is 2.15. The minimum Gasteiger partial charge on any atom is -0.507 e. The molecular formula is C16H9Cl3N2O2S. The molecule has 0 aliphatic carbocycles. The zero-order valence-electron chi connectivity index (χ0n) is 11.9. The van der Waals surface area contributed by atoms with Crippen LogP contribution in [-0.4, -0.2) is 16.0 Å². The van der Waals surface area contributed by atoms with E-state index in [0.29, 0.717) is 31.5 Å². The van der Waals surface area contributed by atoms with Crippen molar-refractivity contribution in [2.24, 2.45) is 0 Å². The molecule has 0 saturated carbocycles. The number of phenols is 1. The van der Waals surface area contributed by atoms with Gasteiger partial charge in [-0.1, -0.05) is 34.8 Å². The van der Waals surface area contributed by atoms with Gasteiger partial charge < -0.3 is 5.11 Å². The molecule has 4 nitrogen and oxygen atoms in total. The monoisotopic (exact) mass is 398 g/mol. The highest BCUT2D eigenvalue weighted by molar-refractivity contribution is 7.14. The van der Waals surface area contributed by atoms with Gasteiger partial charge >= 0.3 is 0 Å². The molecule has 0 spiro atoms. The average Bonchev–Trinajstić information content (AvgIpc) is 2.97. The second-order valence-corrected chi connectivity index (χ2v) is 6.92. The van der Waals surface area contributed by atoms with E-state index < -0.39 is 5.91 Å². The summed E-state index contributed by atoms with van der Waals surface area (Å²) in [6.45, 7) is 0. The molecule has 1 heterocycles. The molecule has 0 radical (unpaired) electrons. The van der Waals surface area contributed by atoms with Crippen LogP contribution in [-0.2, 0) is 0 Å². The Labute approximate surface area is 156 Å². The first kappa shape index (κ1) is 17.0. The van der Waals surface area contributed by atoms with Gasteiger partial charge in [0.2, 0.25) is 0 Å². The van der Waals surface area contributed by atoms with E-state index in [1.807, 2.05) is 0 Å². The Hall–Kier alpha value is -1.79. The van der Waals surface area contributed by atoms with Crippen LogP contribution in [0.2, 0.25) is 15.1 Å². The number of carbonyl (C=O) groups excluding carboxylic acids is 1. The fourth-order valence-electron chi connectivity index (χ4n) is 2.01. The summed E-state index contributed by atoms with van der Waals surface area (Å²) in [7, 11) is 0.